The summed E-state index contributed by atoms with van der Waals surface area (Å²) >= 11 is 0. The van der Waals surface area contributed by atoms with E-state index < -0.39 is 11.6 Å². The van der Waals surface area contributed by atoms with Gasteiger partial charge in [-0.15, -0.1) is 0 Å². The minimum atomic E-state index is -0.833. The molecule has 0 saturated carbocycles. The highest BCUT2D eigenvalue weighted by atomic mass is 16.5. The van der Waals surface area contributed by atoms with Crippen LogP contribution in [-0.2, 0) is 9.53 Å². The third kappa shape index (κ3) is 9.12. The molecule has 1 fully saturated rings. The van der Waals surface area contributed by atoms with Crippen molar-refractivity contribution in [3.8, 4) is 0 Å². The Labute approximate surface area is 104 Å². The molecule has 2 N–H and O–H groups in total. The first-order valence-corrected chi connectivity index (χ1v) is 6.19. The van der Waals surface area contributed by atoms with E-state index in [-0.39, 0.29) is 6.10 Å². The Kier molecular flexibility index (Phi) is 6.72. The number of ether oxygens (including phenoxy) is 1. The molecule has 1 aliphatic rings. The van der Waals surface area contributed by atoms with Gasteiger partial charge in [0.25, 0.3) is 5.97 Å². The van der Waals surface area contributed by atoms with Crippen LogP contribution in [0, 0.1) is 5.92 Å². The Hall–Kier alpha value is -0.610. The van der Waals surface area contributed by atoms with Gasteiger partial charge in [0.05, 0.1) is 17.8 Å². The van der Waals surface area contributed by atoms with Crippen LogP contribution >= 0.6 is 0 Å². The van der Waals surface area contributed by atoms with Crippen molar-refractivity contribution in [3.05, 3.63) is 0 Å². The quantitative estimate of drug-likeness (QED) is 0.785. The fourth-order valence-electron chi connectivity index (χ4n) is 1.90. The lowest BCUT2D eigenvalue weighted by atomic mass is 9.90. The van der Waals surface area contributed by atoms with Crippen LogP contribution in [0.15, 0.2) is 0 Å². The first-order chi connectivity index (χ1) is 7.61. The summed E-state index contributed by atoms with van der Waals surface area (Å²) in [4.78, 5) is 9.00. The average molecular weight is 246 g/mol. The molecule has 1 heterocycles. The van der Waals surface area contributed by atoms with Gasteiger partial charge in [-0.2, -0.15) is 0 Å². The molecule has 0 spiro atoms. The van der Waals surface area contributed by atoms with E-state index in [0.717, 1.165) is 19.8 Å². The number of rotatable bonds is 2. The third-order valence-electron chi connectivity index (χ3n) is 2.88. The lowest BCUT2D eigenvalue weighted by Crippen LogP contribution is -2.36. The molecule has 0 aromatic heterocycles. The molecule has 0 radical (unpaired) electrons. The van der Waals surface area contributed by atoms with Crippen molar-refractivity contribution in [2.75, 3.05) is 0 Å². The topological polar surface area (TPSA) is 66.8 Å². The van der Waals surface area contributed by atoms with E-state index in [1.54, 1.807) is 0 Å². The Morgan fingerprint density at radius 2 is 1.82 bits per heavy atom. The molecule has 1 aliphatic heterocycles. The van der Waals surface area contributed by atoms with Crippen molar-refractivity contribution in [1.29, 1.82) is 0 Å². The predicted octanol–water partition coefficient (Wildman–Crippen LogP) is 2.44. The first-order valence-electron chi connectivity index (χ1n) is 6.19. The number of carboxylic acids is 1. The Balaban J connectivity index is 0.000000557. The third-order valence-corrected chi connectivity index (χ3v) is 2.88. The minimum absolute atomic E-state index is 0.256. The van der Waals surface area contributed by atoms with Crippen molar-refractivity contribution in [2.45, 2.75) is 71.7 Å². The maximum Gasteiger partial charge on any atom is 0.300 e. The van der Waals surface area contributed by atoms with Crippen LogP contribution < -0.4 is 0 Å². The van der Waals surface area contributed by atoms with Gasteiger partial charge in [-0.1, -0.05) is 6.92 Å². The molecule has 0 aliphatic carbocycles. The molecule has 0 amide bonds. The summed E-state index contributed by atoms with van der Waals surface area (Å²) in [5, 5.41) is 17.1. The summed E-state index contributed by atoms with van der Waals surface area (Å²) in [5.74, 6) is -0.168. The SMILES string of the molecule is CC(=O)O.CC1CCC(CC(C)(C)O)OC1C. The lowest BCUT2D eigenvalue weighted by Gasteiger charge is -2.35. The largest absolute Gasteiger partial charge is 0.481 e. The molecule has 3 unspecified atom stereocenters. The Bertz CT molecular complexity index is 228. The maximum atomic E-state index is 9.64. The van der Waals surface area contributed by atoms with Crippen LogP contribution in [0.3, 0.4) is 0 Å². The van der Waals surface area contributed by atoms with Gasteiger partial charge in [0.15, 0.2) is 0 Å². The van der Waals surface area contributed by atoms with E-state index >= 15 is 0 Å². The second kappa shape index (κ2) is 6.97. The Morgan fingerprint density at radius 3 is 2.18 bits per heavy atom. The first kappa shape index (κ1) is 16.4. The molecule has 102 valence electrons. The van der Waals surface area contributed by atoms with Crippen molar-refractivity contribution < 1.29 is 19.7 Å². The average Bonchev–Trinajstić information content (AvgIpc) is 2.08. The molecule has 1 saturated heterocycles. The molecule has 1 rings (SSSR count). The predicted molar refractivity (Wildman–Crippen MR) is 67.0 cm³/mol. The highest BCUT2D eigenvalue weighted by molar-refractivity contribution is 5.62. The summed E-state index contributed by atoms with van der Waals surface area (Å²) in [6.45, 7) is 9.13. The van der Waals surface area contributed by atoms with Gasteiger partial charge in [0, 0.05) is 13.3 Å². The number of carbonyl (C=O) groups is 1. The smallest absolute Gasteiger partial charge is 0.300 e. The van der Waals surface area contributed by atoms with Crippen LogP contribution in [0.1, 0.15) is 53.9 Å². The number of hydrogen-bond donors (Lipinski definition) is 2. The number of aliphatic carboxylic acids is 1. The van der Waals surface area contributed by atoms with Gasteiger partial charge >= 0.3 is 0 Å². The molecule has 17 heavy (non-hydrogen) atoms. The molecule has 0 bridgehead atoms. The standard InChI is InChI=1S/C11H22O2.C2H4O2/c1-8-5-6-10(13-9(8)2)7-11(3,4)12;1-2(3)4/h8-10,12H,5-7H2,1-4H3;1H3,(H,3,4). The van der Waals surface area contributed by atoms with Crippen molar-refractivity contribution in [3.63, 3.8) is 0 Å². The van der Waals surface area contributed by atoms with Gasteiger partial charge < -0.3 is 14.9 Å². The fraction of sp³-hybridized carbons (Fsp3) is 0.923. The maximum absolute atomic E-state index is 9.64. The number of hydrogen-bond acceptors (Lipinski definition) is 3. The molecule has 4 heteroatoms. The summed E-state index contributed by atoms with van der Waals surface area (Å²) in [5.41, 5.74) is -0.592. The van der Waals surface area contributed by atoms with Crippen molar-refractivity contribution in [2.24, 2.45) is 5.92 Å². The fourth-order valence-corrected chi connectivity index (χ4v) is 1.90. The molecule has 0 aromatic rings. The molecular formula is C13H26O4. The van der Waals surface area contributed by atoms with Crippen molar-refractivity contribution >= 4 is 5.97 Å². The van der Waals surface area contributed by atoms with Gasteiger partial charge in [-0.05, 0) is 39.5 Å². The van der Waals surface area contributed by atoms with Gasteiger partial charge in [-0.3, -0.25) is 4.79 Å². The molecule has 3 atom stereocenters. The van der Waals surface area contributed by atoms with Gasteiger partial charge in [-0.25, -0.2) is 0 Å². The lowest BCUT2D eigenvalue weighted by molar-refractivity contribution is -0.134. The summed E-state index contributed by atoms with van der Waals surface area (Å²) in [7, 11) is 0. The highest BCUT2D eigenvalue weighted by Gasteiger charge is 2.28. The molecular weight excluding hydrogens is 220 g/mol. The zero-order chi connectivity index (χ0) is 13.6. The van der Waals surface area contributed by atoms with Crippen LogP contribution in [-0.4, -0.2) is 34.0 Å². The van der Waals surface area contributed by atoms with Crippen LogP contribution in [0.25, 0.3) is 0 Å². The second-order valence-electron chi connectivity index (χ2n) is 5.55. The minimum Gasteiger partial charge on any atom is -0.481 e. The van der Waals surface area contributed by atoms with Gasteiger partial charge in [0.1, 0.15) is 0 Å². The van der Waals surface area contributed by atoms with Crippen LogP contribution in [0.2, 0.25) is 0 Å². The van der Waals surface area contributed by atoms with E-state index in [1.807, 2.05) is 13.8 Å². The summed E-state index contributed by atoms with van der Waals surface area (Å²) in [6.07, 6.45) is 3.67. The van der Waals surface area contributed by atoms with Crippen molar-refractivity contribution in [1.82, 2.24) is 0 Å². The Morgan fingerprint density at radius 1 is 1.35 bits per heavy atom. The number of carboxylic acid groups (broad SMARTS) is 1. The van der Waals surface area contributed by atoms with E-state index in [4.69, 9.17) is 14.6 Å². The van der Waals surface area contributed by atoms with E-state index in [2.05, 4.69) is 13.8 Å². The highest BCUT2D eigenvalue weighted by Crippen LogP contribution is 2.28. The normalized spacial score (nSPS) is 29.2. The number of aliphatic hydroxyl groups is 1. The summed E-state index contributed by atoms with van der Waals surface area (Å²) < 4.78 is 5.81. The van der Waals surface area contributed by atoms with E-state index in [0.29, 0.717) is 12.0 Å². The van der Waals surface area contributed by atoms with Gasteiger partial charge in [0.2, 0.25) is 0 Å². The second-order valence-corrected chi connectivity index (χ2v) is 5.55. The van der Waals surface area contributed by atoms with E-state index in [9.17, 15) is 5.11 Å². The molecule has 0 aromatic carbocycles. The monoisotopic (exact) mass is 246 g/mol. The van der Waals surface area contributed by atoms with E-state index in [1.165, 1.54) is 6.42 Å². The molecule has 4 nitrogen and oxygen atoms in total. The van der Waals surface area contributed by atoms with Crippen LogP contribution in [0.5, 0.6) is 0 Å². The van der Waals surface area contributed by atoms with Crippen LogP contribution in [0.4, 0.5) is 0 Å². The zero-order valence-corrected chi connectivity index (χ0v) is 11.6. The zero-order valence-electron chi connectivity index (χ0n) is 11.6. The summed E-state index contributed by atoms with van der Waals surface area (Å²) in [6, 6.07) is 0.